The van der Waals surface area contributed by atoms with Crippen molar-refractivity contribution < 1.29 is 4.39 Å². The number of nitrogens with zero attached hydrogens (tertiary/aromatic N) is 3. The van der Waals surface area contributed by atoms with Gasteiger partial charge in [-0.15, -0.1) is 0 Å². The minimum atomic E-state index is -0.283. The highest BCUT2D eigenvalue weighted by Gasteiger charge is 2.02. The monoisotopic (exact) mass is 307 g/mol. The predicted octanol–water partition coefficient (Wildman–Crippen LogP) is 4.43. The smallest absolute Gasteiger partial charge is 0.125 e. The van der Waals surface area contributed by atoms with Gasteiger partial charge in [-0.05, 0) is 54.6 Å². The maximum absolute atomic E-state index is 13.2. The van der Waals surface area contributed by atoms with Crippen LogP contribution in [-0.4, -0.2) is 24.9 Å². The average molecular weight is 307 g/mol. The normalized spacial score (nSPS) is 11.1. The van der Waals surface area contributed by atoms with Crippen LogP contribution in [0.2, 0.25) is 0 Å². The van der Waals surface area contributed by atoms with Gasteiger partial charge >= 0.3 is 0 Å². The number of benzene rings is 2. The lowest BCUT2D eigenvalue weighted by molar-refractivity contribution is 0.628. The van der Waals surface area contributed by atoms with Crippen molar-refractivity contribution in [3.05, 3.63) is 78.4 Å². The molecule has 3 nitrogen and oxygen atoms in total. The van der Waals surface area contributed by atoms with Crippen molar-refractivity contribution in [2.24, 2.45) is 4.99 Å². The second-order valence-corrected chi connectivity index (χ2v) is 5.45. The van der Waals surface area contributed by atoms with E-state index in [4.69, 9.17) is 0 Å². The Kier molecular flexibility index (Phi) is 4.24. The minimum absolute atomic E-state index is 0.283. The van der Waals surface area contributed by atoms with Gasteiger partial charge in [0.25, 0.3) is 0 Å². The average Bonchev–Trinajstić information content (AvgIpc) is 3.01. The summed E-state index contributed by atoms with van der Waals surface area (Å²) in [5, 5.41) is 0. The molecule has 3 aromatic rings. The summed E-state index contributed by atoms with van der Waals surface area (Å²) in [4.78, 5) is 6.41. The highest BCUT2D eigenvalue weighted by Crippen LogP contribution is 2.18. The van der Waals surface area contributed by atoms with Gasteiger partial charge in [-0.1, -0.05) is 6.07 Å². The lowest BCUT2D eigenvalue weighted by Crippen LogP contribution is -2.08. The first-order chi connectivity index (χ1) is 11.1. The van der Waals surface area contributed by atoms with E-state index in [9.17, 15) is 4.39 Å². The fraction of sp³-hybridized carbons (Fsp3) is 0.105. The van der Waals surface area contributed by atoms with Crippen molar-refractivity contribution in [2.75, 3.05) is 19.0 Å². The molecule has 4 heteroatoms. The number of aliphatic imine (C=N–C) groups is 1. The molecule has 3 rings (SSSR count). The quantitative estimate of drug-likeness (QED) is 0.653. The molecule has 0 N–H and O–H groups in total. The molecular formula is C19H18FN3. The largest absolute Gasteiger partial charge is 0.378 e. The third kappa shape index (κ3) is 3.48. The molecule has 0 aliphatic carbocycles. The summed E-state index contributed by atoms with van der Waals surface area (Å²) in [5.41, 5.74) is 3.74. The molecule has 116 valence electrons. The first kappa shape index (κ1) is 15.0. The van der Waals surface area contributed by atoms with E-state index in [2.05, 4.69) is 34.2 Å². The van der Waals surface area contributed by atoms with E-state index < -0.39 is 0 Å². The molecule has 1 aromatic heterocycles. The van der Waals surface area contributed by atoms with Crippen molar-refractivity contribution in [1.82, 2.24) is 4.57 Å². The van der Waals surface area contributed by atoms with Crippen LogP contribution >= 0.6 is 0 Å². The Hall–Kier alpha value is -2.88. The Morgan fingerprint density at radius 3 is 2.48 bits per heavy atom. The molecule has 0 fully saturated rings. The fourth-order valence-electron chi connectivity index (χ4n) is 2.34. The van der Waals surface area contributed by atoms with E-state index in [1.807, 2.05) is 37.0 Å². The first-order valence-corrected chi connectivity index (χ1v) is 7.38. The molecule has 2 aromatic carbocycles. The van der Waals surface area contributed by atoms with Crippen LogP contribution in [0.25, 0.3) is 5.69 Å². The number of anilines is 1. The Labute approximate surface area is 135 Å². The zero-order valence-electron chi connectivity index (χ0n) is 13.1. The van der Waals surface area contributed by atoms with Crippen LogP contribution in [0.15, 0.2) is 71.9 Å². The van der Waals surface area contributed by atoms with Crippen LogP contribution < -0.4 is 4.90 Å². The maximum Gasteiger partial charge on any atom is 0.125 e. The summed E-state index contributed by atoms with van der Waals surface area (Å²) < 4.78 is 15.2. The van der Waals surface area contributed by atoms with Gasteiger partial charge in [0.05, 0.1) is 17.6 Å². The van der Waals surface area contributed by atoms with Gasteiger partial charge < -0.3 is 9.47 Å². The molecule has 0 saturated carbocycles. The number of aromatic nitrogens is 1. The molecule has 0 atom stereocenters. The lowest BCUT2D eigenvalue weighted by atomic mass is 10.2. The summed E-state index contributed by atoms with van der Waals surface area (Å²) >= 11 is 0. The van der Waals surface area contributed by atoms with E-state index in [0.717, 1.165) is 17.1 Å². The van der Waals surface area contributed by atoms with Gasteiger partial charge in [0.2, 0.25) is 0 Å². The third-order valence-corrected chi connectivity index (χ3v) is 3.58. The summed E-state index contributed by atoms with van der Waals surface area (Å²) in [6.07, 6.45) is 3.73. The van der Waals surface area contributed by atoms with Crippen molar-refractivity contribution in [2.45, 2.75) is 0 Å². The van der Waals surface area contributed by atoms with Gasteiger partial charge in [-0.2, -0.15) is 0 Å². The maximum atomic E-state index is 13.2. The SMILES string of the molecule is CN(C)c1ccc(-n2cccc2C=Nc2cccc(F)c2)cc1. The molecule has 0 bridgehead atoms. The van der Waals surface area contributed by atoms with E-state index in [0.29, 0.717) is 5.69 Å². The van der Waals surface area contributed by atoms with Crippen molar-refractivity contribution in [3.8, 4) is 5.69 Å². The summed E-state index contributed by atoms with van der Waals surface area (Å²) in [6, 6.07) is 18.5. The van der Waals surface area contributed by atoms with Crippen molar-refractivity contribution >= 4 is 17.6 Å². The summed E-state index contributed by atoms with van der Waals surface area (Å²) in [7, 11) is 4.03. The van der Waals surface area contributed by atoms with Crippen molar-refractivity contribution in [3.63, 3.8) is 0 Å². The van der Waals surface area contributed by atoms with Crippen LogP contribution in [0.3, 0.4) is 0 Å². The number of halogens is 1. The van der Waals surface area contributed by atoms with Crippen LogP contribution in [-0.2, 0) is 0 Å². The highest BCUT2D eigenvalue weighted by atomic mass is 19.1. The van der Waals surface area contributed by atoms with Crippen LogP contribution in [0.5, 0.6) is 0 Å². The van der Waals surface area contributed by atoms with Gasteiger partial charge in [-0.25, -0.2) is 4.39 Å². The zero-order valence-corrected chi connectivity index (χ0v) is 13.1. The molecule has 0 unspecified atom stereocenters. The molecule has 0 saturated heterocycles. The van der Waals surface area contributed by atoms with E-state index in [-0.39, 0.29) is 5.82 Å². The minimum Gasteiger partial charge on any atom is -0.378 e. The second-order valence-electron chi connectivity index (χ2n) is 5.45. The highest BCUT2D eigenvalue weighted by molar-refractivity contribution is 5.81. The molecule has 0 radical (unpaired) electrons. The number of hydrogen-bond donors (Lipinski definition) is 0. The standard InChI is InChI=1S/C19H18FN3/c1-22(2)17-8-10-18(11-9-17)23-12-4-7-19(23)14-21-16-6-3-5-15(20)13-16/h3-14H,1-2H3. The predicted molar refractivity (Wildman–Crippen MR) is 93.8 cm³/mol. The summed E-state index contributed by atoms with van der Waals surface area (Å²) in [6.45, 7) is 0. The summed E-state index contributed by atoms with van der Waals surface area (Å²) in [5.74, 6) is -0.283. The molecular weight excluding hydrogens is 289 g/mol. The molecule has 0 aliphatic rings. The molecule has 0 amide bonds. The topological polar surface area (TPSA) is 20.5 Å². The fourth-order valence-corrected chi connectivity index (χ4v) is 2.34. The third-order valence-electron chi connectivity index (χ3n) is 3.58. The van der Waals surface area contributed by atoms with Crippen LogP contribution in [0.1, 0.15) is 5.69 Å². The zero-order chi connectivity index (χ0) is 16.2. The van der Waals surface area contributed by atoms with Gasteiger partial charge in [-0.3, -0.25) is 4.99 Å². The van der Waals surface area contributed by atoms with Gasteiger partial charge in [0.1, 0.15) is 5.82 Å². The van der Waals surface area contributed by atoms with Crippen LogP contribution in [0.4, 0.5) is 15.8 Å². The van der Waals surface area contributed by atoms with E-state index in [1.54, 1.807) is 18.3 Å². The Bertz CT molecular complexity index is 817. The van der Waals surface area contributed by atoms with Gasteiger partial charge in [0, 0.05) is 31.7 Å². The van der Waals surface area contributed by atoms with E-state index >= 15 is 0 Å². The Balaban J connectivity index is 1.87. The lowest BCUT2D eigenvalue weighted by Gasteiger charge is -2.13. The number of hydrogen-bond acceptors (Lipinski definition) is 2. The van der Waals surface area contributed by atoms with E-state index in [1.165, 1.54) is 12.1 Å². The Morgan fingerprint density at radius 2 is 1.78 bits per heavy atom. The Morgan fingerprint density at radius 1 is 1.00 bits per heavy atom. The number of rotatable bonds is 4. The van der Waals surface area contributed by atoms with Crippen LogP contribution in [0, 0.1) is 5.82 Å². The van der Waals surface area contributed by atoms with Gasteiger partial charge in [0.15, 0.2) is 0 Å². The molecule has 23 heavy (non-hydrogen) atoms. The molecule has 0 spiro atoms. The van der Waals surface area contributed by atoms with Crippen molar-refractivity contribution in [1.29, 1.82) is 0 Å². The molecule has 0 aliphatic heterocycles. The second kappa shape index (κ2) is 6.48. The molecule has 1 heterocycles. The first-order valence-electron chi connectivity index (χ1n) is 7.38.